The van der Waals surface area contributed by atoms with Crippen LogP contribution in [0.15, 0.2) is 84.9 Å². The molecule has 0 unspecified atom stereocenters. The molecule has 2 amide bonds. The molecular formula is C28H32N4O6S. The Kier molecular flexibility index (Phi) is 9.78. The van der Waals surface area contributed by atoms with E-state index in [1.165, 1.54) is 23.1 Å². The van der Waals surface area contributed by atoms with Crippen LogP contribution in [0.3, 0.4) is 0 Å². The van der Waals surface area contributed by atoms with Crippen LogP contribution in [0.25, 0.3) is 0 Å². The van der Waals surface area contributed by atoms with Crippen LogP contribution in [0.2, 0.25) is 0 Å². The van der Waals surface area contributed by atoms with Gasteiger partial charge in [-0.1, -0.05) is 66.7 Å². The highest BCUT2D eigenvalue weighted by atomic mass is 32.2. The average Bonchev–Trinajstić information content (AvgIpc) is 2.89. The number of sulfonamides is 1. The maximum absolute atomic E-state index is 13.9. The molecule has 11 heteroatoms. The van der Waals surface area contributed by atoms with E-state index in [0.717, 1.165) is 27.8 Å². The molecule has 0 spiro atoms. The molecule has 3 aromatic rings. The molecule has 0 aliphatic heterocycles. The minimum absolute atomic E-state index is 0.0223. The van der Waals surface area contributed by atoms with Crippen LogP contribution >= 0.6 is 0 Å². The first-order valence-electron chi connectivity index (χ1n) is 12.4. The van der Waals surface area contributed by atoms with Crippen molar-refractivity contribution in [2.45, 2.75) is 38.9 Å². The summed E-state index contributed by atoms with van der Waals surface area (Å²) in [5.74, 6) is -1.00. The number of nitro benzene ring substituents is 1. The third kappa shape index (κ3) is 8.37. The fourth-order valence-corrected chi connectivity index (χ4v) is 4.93. The van der Waals surface area contributed by atoms with Gasteiger partial charge in [0.2, 0.25) is 21.8 Å². The van der Waals surface area contributed by atoms with Gasteiger partial charge in [-0.2, -0.15) is 0 Å². The Bertz CT molecular complexity index is 1400. The predicted molar refractivity (Wildman–Crippen MR) is 149 cm³/mol. The Morgan fingerprint density at radius 1 is 0.923 bits per heavy atom. The highest BCUT2D eigenvalue weighted by Crippen LogP contribution is 2.24. The summed E-state index contributed by atoms with van der Waals surface area (Å²) in [6.07, 6.45) is 1.13. The van der Waals surface area contributed by atoms with Crippen molar-refractivity contribution >= 4 is 33.2 Å². The molecule has 206 valence electrons. The molecule has 0 bridgehead atoms. The number of anilines is 1. The first-order chi connectivity index (χ1) is 18.5. The molecule has 39 heavy (non-hydrogen) atoms. The number of non-ortho nitro benzene ring substituents is 1. The maximum atomic E-state index is 13.9. The monoisotopic (exact) mass is 552 g/mol. The molecule has 3 rings (SSSR count). The molecule has 1 atom stereocenters. The molecule has 0 radical (unpaired) electrons. The van der Waals surface area contributed by atoms with Gasteiger partial charge < -0.3 is 10.2 Å². The molecule has 0 aliphatic rings. The predicted octanol–water partition coefficient (Wildman–Crippen LogP) is 3.53. The summed E-state index contributed by atoms with van der Waals surface area (Å²) in [5, 5.41) is 14.2. The van der Waals surface area contributed by atoms with E-state index in [0.29, 0.717) is 0 Å². The van der Waals surface area contributed by atoms with Crippen LogP contribution in [0.5, 0.6) is 0 Å². The number of nitro groups is 1. The lowest BCUT2D eigenvalue weighted by atomic mass is 10.0. The maximum Gasteiger partial charge on any atom is 0.271 e. The zero-order valence-corrected chi connectivity index (χ0v) is 22.9. The molecule has 10 nitrogen and oxygen atoms in total. The van der Waals surface area contributed by atoms with Gasteiger partial charge in [0.15, 0.2) is 0 Å². The van der Waals surface area contributed by atoms with Crippen LogP contribution < -0.4 is 9.62 Å². The fourth-order valence-electron chi connectivity index (χ4n) is 4.09. The van der Waals surface area contributed by atoms with Gasteiger partial charge in [-0.05, 0) is 31.0 Å². The number of carbonyl (C=O) groups is 2. The van der Waals surface area contributed by atoms with E-state index in [1.807, 2.05) is 74.5 Å². The van der Waals surface area contributed by atoms with Gasteiger partial charge in [-0.25, -0.2) is 8.42 Å². The molecular weight excluding hydrogens is 520 g/mol. The Morgan fingerprint density at radius 3 is 2.05 bits per heavy atom. The van der Waals surface area contributed by atoms with Crippen molar-refractivity contribution in [1.29, 1.82) is 0 Å². The number of carbonyl (C=O) groups excluding carboxylic acids is 2. The molecule has 0 saturated carbocycles. The largest absolute Gasteiger partial charge is 0.352 e. The van der Waals surface area contributed by atoms with Crippen LogP contribution in [-0.4, -0.2) is 54.9 Å². The number of hydrogen-bond donors (Lipinski definition) is 1. The Hall–Kier alpha value is -4.25. The molecule has 1 N–H and O–H groups in total. The third-order valence-electron chi connectivity index (χ3n) is 5.91. The normalized spacial score (nSPS) is 12.0. The van der Waals surface area contributed by atoms with Crippen molar-refractivity contribution in [1.82, 2.24) is 10.2 Å². The van der Waals surface area contributed by atoms with Crippen molar-refractivity contribution in [3.63, 3.8) is 0 Å². The number of hydrogen-bond acceptors (Lipinski definition) is 6. The highest BCUT2D eigenvalue weighted by molar-refractivity contribution is 7.92. The first kappa shape index (κ1) is 29.3. The van der Waals surface area contributed by atoms with Crippen molar-refractivity contribution in [3.05, 3.63) is 106 Å². The van der Waals surface area contributed by atoms with Crippen LogP contribution in [0.4, 0.5) is 11.4 Å². The Morgan fingerprint density at radius 2 is 1.51 bits per heavy atom. The SMILES string of the molecule is CC(C)NC(=O)[C@H](Cc1ccccc1)N(Cc1ccccc1)C(=O)CN(c1cccc([N+](=O)[O-])c1)S(C)(=O)=O. The molecule has 0 fully saturated rings. The van der Waals surface area contributed by atoms with Gasteiger partial charge in [0, 0.05) is 31.1 Å². The van der Waals surface area contributed by atoms with E-state index in [1.54, 1.807) is 0 Å². The topological polar surface area (TPSA) is 130 Å². The van der Waals surface area contributed by atoms with E-state index in [-0.39, 0.29) is 36.3 Å². The lowest BCUT2D eigenvalue weighted by Gasteiger charge is -2.34. The van der Waals surface area contributed by atoms with Crippen LogP contribution in [-0.2, 0) is 32.6 Å². The number of rotatable bonds is 12. The van der Waals surface area contributed by atoms with Gasteiger partial charge >= 0.3 is 0 Å². The minimum Gasteiger partial charge on any atom is -0.352 e. The van der Waals surface area contributed by atoms with Crippen molar-refractivity contribution in [2.24, 2.45) is 0 Å². The van der Waals surface area contributed by atoms with Crippen molar-refractivity contribution in [3.8, 4) is 0 Å². The Balaban J connectivity index is 2.05. The summed E-state index contributed by atoms with van der Waals surface area (Å²) < 4.78 is 26.4. The summed E-state index contributed by atoms with van der Waals surface area (Å²) in [7, 11) is -4.02. The van der Waals surface area contributed by atoms with Gasteiger partial charge in [0.1, 0.15) is 12.6 Å². The summed E-state index contributed by atoms with van der Waals surface area (Å²) in [5.41, 5.74) is 1.24. The van der Waals surface area contributed by atoms with Gasteiger partial charge in [-0.15, -0.1) is 0 Å². The summed E-state index contributed by atoms with van der Waals surface area (Å²) in [4.78, 5) is 39.4. The van der Waals surface area contributed by atoms with Crippen LogP contribution in [0, 0.1) is 10.1 Å². The molecule has 0 heterocycles. The van der Waals surface area contributed by atoms with E-state index in [4.69, 9.17) is 0 Å². The molecule has 0 saturated heterocycles. The quantitative estimate of drug-likeness (QED) is 0.270. The fraction of sp³-hybridized carbons (Fsp3) is 0.286. The number of benzene rings is 3. The third-order valence-corrected chi connectivity index (χ3v) is 7.05. The van der Waals surface area contributed by atoms with Gasteiger partial charge in [-0.3, -0.25) is 24.0 Å². The number of nitrogens with zero attached hydrogens (tertiary/aromatic N) is 3. The van der Waals surface area contributed by atoms with E-state index < -0.39 is 33.4 Å². The molecule has 0 aromatic heterocycles. The lowest BCUT2D eigenvalue weighted by molar-refractivity contribution is -0.384. The van der Waals surface area contributed by atoms with Crippen molar-refractivity contribution in [2.75, 3.05) is 17.1 Å². The standard InChI is InChI=1S/C28H32N4O6S/c1-21(2)29-28(34)26(17-22-11-6-4-7-12-22)30(19-23-13-8-5-9-14-23)27(33)20-31(39(3,37)38)24-15-10-16-25(18-24)32(35)36/h4-16,18,21,26H,17,19-20H2,1-3H3,(H,29,34)/t26-/m0/s1. The second kappa shape index (κ2) is 13.0. The zero-order chi connectivity index (χ0) is 28.6. The number of amides is 2. The van der Waals surface area contributed by atoms with Gasteiger partial charge in [0.05, 0.1) is 16.9 Å². The number of nitrogens with one attached hydrogen (secondary N) is 1. The summed E-state index contributed by atoms with van der Waals surface area (Å²) in [6.45, 7) is 3.03. The first-order valence-corrected chi connectivity index (χ1v) is 14.2. The lowest BCUT2D eigenvalue weighted by Crippen LogP contribution is -2.54. The van der Waals surface area contributed by atoms with Crippen LogP contribution in [0.1, 0.15) is 25.0 Å². The average molecular weight is 553 g/mol. The minimum atomic E-state index is -4.02. The van der Waals surface area contributed by atoms with Gasteiger partial charge in [0.25, 0.3) is 5.69 Å². The molecule has 3 aromatic carbocycles. The van der Waals surface area contributed by atoms with E-state index in [9.17, 15) is 28.1 Å². The highest BCUT2D eigenvalue weighted by Gasteiger charge is 2.33. The van der Waals surface area contributed by atoms with E-state index in [2.05, 4.69) is 5.32 Å². The second-order valence-electron chi connectivity index (χ2n) is 9.42. The van der Waals surface area contributed by atoms with E-state index >= 15 is 0 Å². The van der Waals surface area contributed by atoms with Crippen molar-refractivity contribution < 1.29 is 22.9 Å². The summed E-state index contributed by atoms with van der Waals surface area (Å²) in [6, 6.07) is 22.2. The Labute approximate surface area is 228 Å². The summed E-state index contributed by atoms with van der Waals surface area (Å²) >= 11 is 0. The zero-order valence-electron chi connectivity index (χ0n) is 22.1. The molecule has 0 aliphatic carbocycles. The smallest absolute Gasteiger partial charge is 0.271 e. The second-order valence-corrected chi connectivity index (χ2v) is 11.3.